The molecule has 1 atom stereocenters. The molecule has 0 N–H and O–H groups in total. The predicted octanol–water partition coefficient (Wildman–Crippen LogP) is 2.42. The molecule has 6 heteroatoms. The molecule has 0 fully saturated rings. The molecule has 1 aromatic heterocycles. The van der Waals surface area contributed by atoms with Crippen molar-refractivity contribution in [3.63, 3.8) is 0 Å². The average molecular weight is 339 g/mol. The number of rotatable bonds is 5. The minimum absolute atomic E-state index is 0.00534. The van der Waals surface area contributed by atoms with Gasteiger partial charge in [-0.25, -0.2) is 0 Å². The zero-order valence-corrected chi connectivity index (χ0v) is 14.4. The van der Waals surface area contributed by atoms with Crippen LogP contribution in [0.5, 0.6) is 5.75 Å². The second-order valence-electron chi connectivity index (χ2n) is 5.99. The van der Waals surface area contributed by atoms with Gasteiger partial charge in [-0.3, -0.25) is 14.6 Å². The molecule has 1 aliphatic rings. The summed E-state index contributed by atoms with van der Waals surface area (Å²) < 4.78 is 5.42. The number of carbonyl (C=O) groups excluding carboxylic acids is 2. The van der Waals surface area contributed by atoms with Crippen molar-refractivity contribution in [1.29, 1.82) is 0 Å². The third kappa shape index (κ3) is 3.63. The number of carbonyl (C=O) groups is 2. The molecule has 2 amide bonds. The van der Waals surface area contributed by atoms with Gasteiger partial charge in [0.1, 0.15) is 5.75 Å². The van der Waals surface area contributed by atoms with Crippen molar-refractivity contribution in [2.75, 3.05) is 25.1 Å². The summed E-state index contributed by atoms with van der Waals surface area (Å²) in [5.74, 6) is 0.506. The van der Waals surface area contributed by atoms with Gasteiger partial charge in [0.25, 0.3) is 5.91 Å². The van der Waals surface area contributed by atoms with E-state index in [1.54, 1.807) is 23.0 Å². The van der Waals surface area contributed by atoms with E-state index in [1.165, 1.54) is 0 Å². The zero-order chi connectivity index (χ0) is 17.8. The molecule has 1 aliphatic heterocycles. The van der Waals surface area contributed by atoms with Gasteiger partial charge in [0.15, 0.2) is 6.61 Å². The highest BCUT2D eigenvalue weighted by Gasteiger charge is 2.26. The van der Waals surface area contributed by atoms with E-state index < -0.39 is 0 Å². The third-order valence-electron chi connectivity index (χ3n) is 4.45. The Bertz CT molecular complexity index is 764. The van der Waals surface area contributed by atoms with Gasteiger partial charge in [0.2, 0.25) is 5.91 Å². The predicted molar refractivity (Wildman–Crippen MR) is 94.3 cm³/mol. The highest BCUT2D eigenvalue weighted by atomic mass is 16.5. The van der Waals surface area contributed by atoms with Crippen LogP contribution in [0.25, 0.3) is 0 Å². The van der Waals surface area contributed by atoms with Crippen LogP contribution in [0, 0.1) is 0 Å². The van der Waals surface area contributed by atoms with Gasteiger partial charge in [-0.15, -0.1) is 0 Å². The lowest BCUT2D eigenvalue weighted by molar-refractivity contribution is -0.131. The summed E-state index contributed by atoms with van der Waals surface area (Å²) in [6.45, 7) is 2.28. The second-order valence-corrected chi connectivity index (χ2v) is 5.99. The van der Waals surface area contributed by atoms with Crippen LogP contribution in [-0.4, -0.2) is 41.9 Å². The van der Waals surface area contributed by atoms with Gasteiger partial charge in [0, 0.05) is 26.2 Å². The second kappa shape index (κ2) is 7.34. The maximum atomic E-state index is 12.5. The van der Waals surface area contributed by atoms with Crippen molar-refractivity contribution in [2.24, 2.45) is 0 Å². The van der Waals surface area contributed by atoms with Gasteiger partial charge in [-0.2, -0.15) is 0 Å². The number of amides is 2. The Morgan fingerprint density at radius 2 is 2.04 bits per heavy atom. The van der Waals surface area contributed by atoms with Crippen LogP contribution in [0.2, 0.25) is 0 Å². The Morgan fingerprint density at radius 3 is 2.80 bits per heavy atom. The third-order valence-corrected chi connectivity index (χ3v) is 4.45. The molecule has 0 aliphatic carbocycles. The maximum absolute atomic E-state index is 12.5. The van der Waals surface area contributed by atoms with Crippen molar-refractivity contribution in [3.05, 3.63) is 54.4 Å². The lowest BCUT2D eigenvalue weighted by Crippen LogP contribution is -2.41. The van der Waals surface area contributed by atoms with E-state index in [2.05, 4.69) is 4.98 Å². The quantitative estimate of drug-likeness (QED) is 0.839. The average Bonchev–Trinajstić information content (AvgIpc) is 2.66. The summed E-state index contributed by atoms with van der Waals surface area (Å²) in [7, 11) is 1.76. The summed E-state index contributed by atoms with van der Waals surface area (Å²) >= 11 is 0. The minimum atomic E-state index is -0.132. The number of pyridine rings is 1. The van der Waals surface area contributed by atoms with Crippen molar-refractivity contribution in [1.82, 2.24) is 9.88 Å². The molecule has 25 heavy (non-hydrogen) atoms. The van der Waals surface area contributed by atoms with Gasteiger partial charge in [-0.1, -0.05) is 18.2 Å². The standard InChI is InChI=1S/C19H21N3O3/c1-14(15-7-5-6-11-20-15)21(2)18(23)10-12-22-16-8-3-4-9-17(16)25-13-19(22)24/h3-9,11,14H,10,12-13H2,1-2H3/t14-/m0/s1. The fourth-order valence-electron chi connectivity index (χ4n) is 2.82. The Hall–Kier alpha value is -2.89. The number of aromatic nitrogens is 1. The van der Waals surface area contributed by atoms with E-state index in [9.17, 15) is 9.59 Å². The van der Waals surface area contributed by atoms with Gasteiger partial charge < -0.3 is 14.5 Å². The zero-order valence-electron chi connectivity index (χ0n) is 14.4. The SMILES string of the molecule is C[C@@H](c1ccccn1)N(C)C(=O)CCN1C(=O)COc2ccccc21. The molecule has 130 valence electrons. The van der Waals surface area contributed by atoms with E-state index in [4.69, 9.17) is 4.74 Å². The van der Waals surface area contributed by atoms with Crippen LogP contribution in [0.15, 0.2) is 48.7 Å². The van der Waals surface area contributed by atoms with E-state index >= 15 is 0 Å². The van der Waals surface area contributed by atoms with Crippen LogP contribution in [0.3, 0.4) is 0 Å². The fourth-order valence-corrected chi connectivity index (χ4v) is 2.82. The van der Waals surface area contributed by atoms with Crippen LogP contribution in [0.4, 0.5) is 5.69 Å². The lowest BCUT2D eigenvalue weighted by atomic mass is 10.1. The maximum Gasteiger partial charge on any atom is 0.265 e. The van der Waals surface area contributed by atoms with E-state index in [1.807, 2.05) is 49.4 Å². The van der Waals surface area contributed by atoms with Crippen molar-refractivity contribution in [2.45, 2.75) is 19.4 Å². The number of nitrogens with zero attached hydrogens (tertiary/aromatic N) is 3. The van der Waals surface area contributed by atoms with Crippen molar-refractivity contribution in [3.8, 4) is 5.75 Å². The molecule has 3 rings (SSSR count). The Kier molecular flexibility index (Phi) is 4.97. The molecule has 2 aromatic rings. The molecule has 1 aromatic carbocycles. The van der Waals surface area contributed by atoms with Crippen LogP contribution < -0.4 is 9.64 Å². The fraction of sp³-hybridized carbons (Fsp3) is 0.316. The smallest absolute Gasteiger partial charge is 0.265 e. The molecule has 6 nitrogen and oxygen atoms in total. The highest BCUT2D eigenvalue weighted by molar-refractivity contribution is 5.98. The molecule has 0 saturated heterocycles. The number of hydrogen-bond donors (Lipinski definition) is 0. The summed E-state index contributed by atoms with van der Waals surface area (Å²) in [6.07, 6.45) is 1.96. The van der Waals surface area contributed by atoms with Crippen LogP contribution in [0.1, 0.15) is 25.1 Å². The normalized spacial score (nSPS) is 14.5. The first-order valence-electron chi connectivity index (χ1n) is 8.26. The number of benzene rings is 1. The van der Waals surface area contributed by atoms with E-state index in [-0.39, 0.29) is 30.9 Å². The lowest BCUT2D eigenvalue weighted by Gasteiger charge is -2.30. The first-order valence-corrected chi connectivity index (χ1v) is 8.26. The van der Waals surface area contributed by atoms with Gasteiger partial charge in [-0.05, 0) is 31.2 Å². The van der Waals surface area contributed by atoms with Gasteiger partial charge in [0.05, 0.1) is 17.4 Å². The monoisotopic (exact) mass is 339 g/mol. The number of fused-ring (bicyclic) bond motifs is 1. The number of hydrogen-bond acceptors (Lipinski definition) is 4. The molecule has 0 spiro atoms. The van der Waals surface area contributed by atoms with Gasteiger partial charge >= 0.3 is 0 Å². The Labute approximate surface area is 147 Å². The number of ether oxygens (including phenoxy) is 1. The Morgan fingerprint density at radius 1 is 1.28 bits per heavy atom. The van der Waals surface area contributed by atoms with E-state index in [0.717, 1.165) is 5.69 Å². The number of para-hydroxylation sites is 2. The first-order chi connectivity index (χ1) is 12.1. The Balaban J connectivity index is 1.65. The number of anilines is 1. The molecular formula is C19H21N3O3. The summed E-state index contributed by atoms with van der Waals surface area (Å²) in [5.41, 5.74) is 1.55. The van der Waals surface area contributed by atoms with Crippen molar-refractivity contribution < 1.29 is 14.3 Å². The van der Waals surface area contributed by atoms with Crippen molar-refractivity contribution >= 4 is 17.5 Å². The molecule has 2 heterocycles. The highest BCUT2D eigenvalue weighted by Crippen LogP contribution is 2.31. The molecule has 0 unspecified atom stereocenters. The summed E-state index contributed by atoms with van der Waals surface area (Å²) in [6, 6.07) is 12.9. The summed E-state index contributed by atoms with van der Waals surface area (Å²) in [5, 5.41) is 0. The van der Waals surface area contributed by atoms with E-state index in [0.29, 0.717) is 18.0 Å². The largest absolute Gasteiger partial charge is 0.482 e. The molecular weight excluding hydrogens is 318 g/mol. The summed E-state index contributed by atoms with van der Waals surface area (Å²) in [4.78, 5) is 32.3. The molecule has 0 bridgehead atoms. The van der Waals surface area contributed by atoms with Crippen LogP contribution >= 0.6 is 0 Å². The molecule has 0 saturated carbocycles. The first kappa shape index (κ1) is 17.0. The topological polar surface area (TPSA) is 62.7 Å². The molecule has 0 radical (unpaired) electrons. The van der Waals surface area contributed by atoms with Crippen LogP contribution in [-0.2, 0) is 9.59 Å². The minimum Gasteiger partial charge on any atom is -0.482 e.